The highest BCUT2D eigenvalue weighted by Gasteiger charge is 2.13. The summed E-state index contributed by atoms with van der Waals surface area (Å²) in [6.45, 7) is 16.6. The molecule has 0 saturated carbocycles. The number of hydrogen-bond donors (Lipinski definition) is 1. The van der Waals surface area contributed by atoms with Gasteiger partial charge in [-0.05, 0) is 54.7 Å². The van der Waals surface area contributed by atoms with Crippen molar-refractivity contribution in [3.05, 3.63) is 0 Å². The van der Waals surface area contributed by atoms with Crippen molar-refractivity contribution in [2.75, 3.05) is 51.6 Å². The molecule has 30 heavy (non-hydrogen) atoms. The first-order valence-corrected chi connectivity index (χ1v) is 12.4. The molecule has 182 valence electrons. The molecule has 0 saturated heterocycles. The van der Waals surface area contributed by atoms with Gasteiger partial charge in [0.2, 0.25) is 0 Å². The number of aliphatic hydroxyl groups is 1. The van der Waals surface area contributed by atoms with Crippen molar-refractivity contribution in [1.29, 1.82) is 0 Å². The van der Waals surface area contributed by atoms with E-state index in [9.17, 15) is 5.11 Å². The van der Waals surface area contributed by atoms with E-state index in [0.29, 0.717) is 39.6 Å². The second-order valence-electron chi connectivity index (χ2n) is 8.17. The topological polar surface area (TPSA) is 75.6 Å². The van der Waals surface area contributed by atoms with Crippen molar-refractivity contribution < 1.29 is 33.5 Å². The lowest BCUT2D eigenvalue weighted by Gasteiger charge is -2.22. The maximum absolute atomic E-state index is 9.22. The van der Waals surface area contributed by atoms with E-state index in [1.54, 1.807) is 18.7 Å². The number of thioether (sulfide) groups is 1. The van der Waals surface area contributed by atoms with E-state index >= 15 is 0 Å². The van der Waals surface area contributed by atoms with E-state index in [1.807, 2.05) is 34.6 Å². The average molecular weight is 455 g/mol. The van der Waals surface area contributed by atoms with Crippen LogP contribution >= 0.6 is 11.8 Å². The molecule has 0 aliphatic rings. The number of hydrogen-bond acceptors (Lipinski definition) is 8. The van der Waals surface area contributed by atoms with Crippen LogP contribution in [0.2, 0.25) is 0 Å². The van der Waals surface area contributed by atoms with Gasteiger partial charge in [0.25, 0.3) is 0 Å². The van der Waals surface area contributed by atoms with Gasteiger partial charge in [-0.25, -0.2) is 0 Å². The summed E-state index contributed by atoms with van der Waals surface area (Å²) in [5.74, 6) is 0.990. The molecule has 0 aliphatic heterocycles. The van der Waals surface area contributed by atoms with Gasteiger partial charge in [-0.1, -0.05) is 0 Å². The molecular weight excluding hydrogens is 408 g/mol. The Bertz CT molecular complexity index is 386. The Morgan fingerprint density at radius 2 is 0.767 bits per heavy atom. The highest BCUT2D eigenvalue weighted by molar-refractivity contribution is 7.98. The van der Waals surface area contributed by atoms with Crippen molar-refractivity contribution in [2.45, 2.75) is 91.2 Å². The average Bonchev–Trinajstić information content (AvgIpc) is 2.70. The fourth-order valence-electron chi connectivity index (χ4n) is 2.33. The standard InChI is InChI=1S/C22H46O7S/c1-16(23)9-24-17(2)10-25-18(3)11-26-19(4)12-27-20(5)13-28-21(6)14-29-22(7)15-30-8/h16-23H,9-15H2,1-8H3. The molecule has 0 bridgehead atoms. The van der Waals surface area contributed by atoms with Crippen molar-refractivity contribution in [3.63, 3.8) is 0 Å². The third kappa shape index (κ3) is 18.8. The molecule has 7 atom stereocenters. The number of ether oxygens (including phenoxy) is 6. The smallest absolute Gasteiger partial charge is 0.0781 e. The Balaban J connectivity index is 3.77. The van der Waals surface area contributed by atoms with E-state index < -0.39 is 6.10 Å². The molecule has 0 rings (SSSR count). The van der Waals surface area contributed by atoms with Crippen LogP contribution in [0.3, 0.4) is 0 Å². The summed E-state index contributed by atoms with van der Waals surface area (Å²) < 4.78 is 34.4. The number of aliphatic hydroxyl groups excluding tert-OH is 1. The molecule has 0 spiro atoms. The quantitative estimate of drug-likeness (QED) is 0.301. The minimum Gasteiger partial charge on any atom is -0.391 e. The molecular formula is C22H46O7S. The van der Waals surface area contributed by atoms with Gasteiger partial charge in [0.05, 0.1) is 82.4 Å². The SMILES string of the molecule is CSCC(C)OCC(C)OCC(C)OCC(C)OCC(C)OCC(C)OCC(C)O. The summed E-state index contributed by atoms with van der Waals surface area (Å²) in [6, 6.07) is 0. The zero-order valence-corrected chi connectivity index (χ0v) is 21.1. The van der Waals surface area contributed by atoms with Crippen LogP contribution in [-0.2, 0) is 28.4 Å². The summed E-state index contributed by atoms with van der Waals surface area (Å²) in [5.41, 5.74) is 0. The van der Waals surface area contributed by atoms with Crippen LogP contribution in [0, 0.1) is 0 Å². The van der Waals surface area contributed by atoms with Crippen LogP contribution in [0.25, 0.3) is 0 Å². The van der Waals surface area contributed by atoms with Crippen LogP contribution in [-0.4, -0.2) is 99.5 Å². The predicted octanol–water partition coefficient (Wildman–Crippen LogP) is 3.16. The fourth-order valence-corrected chi connectivity index (χ4v) is 2.89. The minimum atomic E-state index is -0.466. The molecule has 0 fully saturated rings. The lowest BCUT2D eigenvalue weighted by Crippen LogP contribution is -2.30. The highest BCUT2D eigenvalue weighted by Crippen LogP contribution is 2.05. The Kier molecular flexibility index (Phi) is 18.7. The first kappa shape index (κ1) is 30.1. The summed E-state index contributed by atoms with van der Waals surface area (Å²) in [7, 11) is 0. The van der Waals surface area contributed by atoms with Gasteiger partial charge >= 0.3 is 0 Å². The van der Waals surface area contributed by atoms with Gasteiger partial charge in [0, 0.05) is 5.75 Å². The molecule has 0 aromatic heterocycles. The van der Waals surface area contributed by atoms with Gasteiger partial charge in [-0.15, -0.1) is 0 Å². The molecule has 0 heterocycles. The fraction of sp³-hybridized carbons (Fsp3) is 1.00. The van der Waals surface area contributed by atoms with Gasteiger partial charge < -0.3 is 33.5 Å². The molecule has 0 amide bonds. The van der Waals surface area contributed by atoms with E-state index in [0.717, 1.165) is 5.75 Å². The van der Waals surface area contributed by atoms with Crippen molar-refractivity contribution in [3.8, 4) is 0 Å². The molecule has 0 aromatic rings. The third-order valence-electron chi connectivity index (χ3n) is 4.10. The lowest BCUT2D eigenvalue weighted by atomic mass is 10.3. The second kappa shape index (κ2) is 18.6. The first-order valence-electron chi connectivity index (χ1n) is 11.0. The van der Waals surface area contributed by atoms with Crippen molar-refractivity contribution >= 4 is 11.8 Å². The molecule has 7 unspecified atom stereocenters. The van der Waals surface area contributed by atoms with Gasteiger partial charge in [-0.3, -0.25) is 0 Å². The summed E-state index contributed by atoms with van der Waals surface area (Å²) in [5, 5.41) is 9.22. The normalized spacial score (nSPS) is 19.1. The molecule has 1 N–H and O–H groups in total. The zero-order chi connectivity index (χ0) is 22.9. The largest absolute Gasteiger partial charge is 0.391 e. The summed E-state index contributed by atoms with van der Waals surface area (Å²) >= 11 is 1.78. The van der Waals surface area contributed by atoms with E-state index in [-0.39, 0.29) is 36.6 Å². The van der Waals surface area contributed by atoms with E-state index in [2.05, 4.69) is 13.2 Å². The lowest BCUT2D eigenvalue weighted by molar-refractivity contribution is -0.103. The van der Waals surface area contributed by atoms with Crippen molar-refractivity contribution in [2.24, 2.45) is 0 Å². The molecule has 8 heteroatoms. The molecule has 0 radical (unpaired) electrons. The van der Waals surface area contributed by atoms with Crippen LogP contribution in [0.5, 0.6) is 0 Å². The van der Waals surface area contributed by atoms with E-state index in [4.69, 9.17) is 28.4 Å². The maximum Gasteiger partial charge on any atom is 0.0781 e. The summed E-state index contributed by atoms with van der Waals surface area (Å²) in [4.78, 5) is 0. The van der Waals surface area contributed by atoms with Gasteiger partial charge in [0.1, 0.15) is 0 Å². The maximum atomic E-state index is 9.22. The molecule has 0 aliphatic carbocycles. The van der Waals surface area contributed by atoms with Gasteiger partial charge in [-0.2, -0.15) is 11.8 Å². The summed E-state index contributed by atoms with van der Waals surface area (Å²) in [6.07, 6.45) is 1.74. The Labute approximate surface area is 188 Å². The zero-order valence-electron chi connectivity index (χ0n) is 20.3. The third-order valence-corrected chi connectivity index (χ3v) is 4.90. The Morgan fingerprint density at radius 3 is 1.03 bits per heavy atom. The Morgan fingerprint density at radius 1 is 0.500 bits per heavy atom. The van der Waals surface area contributed by atoms with Crippen LogP contribution < -0.4 is 0 Å². The molecule has 0 aromatic carbocycles. The first-order chi connectivity index (χ1) is 14.1. The highest BCUT2D eigenvalue weighted by atomic mass is 32.2. The second-order valence-corrected chi connectivity index (χ2v) is 9.08. The molecule has 7 nitrogen and oxygen atoms in total. The monoisotopic (exact) mass is 454 g/mol. The predicted molar refractivity (Wildman–Crippen MR) is 123 cm³/mol. The van der Waals surface area contributed by atoms with Crippen molar-refractivity contribution in [1.82, 2.24) is 0 Å². The van der Waals surface area contributed by atoms with Crippen LogP contribution in [0.15, 0.2) is 0 Å². The number of rotatable bonds is 20. The van der Waals surface area contributed by atoms with Crippen LogP contribution in [0.4, 0.5) is 0 Å². The van der Waals surface area contributed by atoms with Gasteiger partial charge in [0.15, 0.2) is 0 Å². The Hall–Kier alpha value is 0.0700. The minimum absolute atomic E-state index is 0.0114. The van der Waals surface area contributed by atoms with Crippen LogP contribution in [0.1, 0.15) is 48.5 Å². The van der Waals surface area contributed by atoms with E-state index in [1.165, 1.54) is 0 Å².